The molecule has 0 aliphatic heterocycles. The number of rotatable bonds is 11. The molecule has 30 heavy (non-hydrogen) atoms. The van der Waals surface area contributed by atoms with Gasteiger partial charge in [0.1, 0.15) is 6.61 Å². The van der Waals surface area contributed by atoms with E-state index in [-0.39, 0.29) is 49.8 Å². The number of nitrogens with one attached hydrogen (secondary N) is 1. The Balaban J connectivity index is 1.90. The molecular formula is C22H24FN3O4. The number of hydrogen-bond acceptors (Lipinski definition) is 5. The van der Waals surface area contributed by atoms with Crippen molar-refractivity contribution >= 4 is 23.2 Å². The van der Waals surface area contributed by atoms with E-state index >= 15 is 0 Å². The van der Waals surface area contributed by atoms with Crippen molar-refractivity contribution in [2.24, 2.45) is 0 Å². The van der Waals surface area contributed by atoms with Crippen molar-refractivity contribution in [3.8, 4) is 11.8 Å². The molecule has 0 aliphatic rings. The smallest absolute Gasteiger partial charge is 0.227 e. The number of ether oxygens (including phenoxy) is 2. The summed E-state index contributed by atoms with van der Waals surface area (Å²) in [4.78, 5) is 26.3. The molecule has 0 atom stereocenters. The van der Waals surface area contributed by atoms with Gasteiger partial charge in [0.15, 0.2) is 11.6 Å². The Hall–Kier alpha value is -3.44. The second kappa shape index (κ2) is 12.2. The van der Waals surface area contributed by atoms with Crippen LogP contribution in [0.25, 0.3) is 0 Å². The molecule has 2 rings (SSSR count). The van der Waals surface area contributed by atoms with Crippen LogP contribution in [0.2, 0.25) is 0 Å². The van der Waals surface area contributed by atoms with Crippen molar-refractivity contribution < 1.29 is 23.5 Å². The number of nitriles is 1. The van der Waals surface area contributed by atoms with E-state index in [2.05, 4.69) is 5.32 Å². The highest BCUT2D eigenvalue weighted by molar-refractivity contribution is 5.98. The molecule has 2 amide bonds. The molecule has 0 aromatic heterocycles. The van der Waals surface area contributed by atoms with Gasteiger partial charge in [0.05, 0.1) is 19.1 Å². The molecule has 0 unspecified atom stereocenters. The predicted molar refractivity (Wildman–Crippen MR) is 111 cm³/mol. The van der Waals surface area contributed by atoms with E-state index in [1.807, 2.05) is 12.1 Å². The summed E-state index contributed by atoms with van der Waals surface area (Å²) >= 11 is 0. The zero-order chi connectivity index (χ0) is 21.8. The van der Waals surface area contributed by atoms with E-state index in [9.17, 15) is 14.0 Å². The number of anilines is 2. The van der Waals surface area contributed by atoms with Gasteiger partial charge >= 0.3 is 0 Å². The number of amides is 2. The average Bonchev–Trinajstić information content (AvgIpc) is 2.75. The van der Waals surface area contributed by atoms with Crippen molar-refractivity contribution in [2.45, 2.75) is 19.3 Å². The lowest BCUT2D eigenvalue weighted by molar-refractivity contribution is -0.122. The molecule has 0 aliphatic carbocycles. The first kappa shape index (κ1) is 22.8. The summed E-state index contributed by atoms with van der Waals surface area (Å²) in [5.74, 6) is -1.22. The summed E-state index contributed by atoms with van der Waals surface area (Å²) in [6.07, 6.45) is 0.0835. The van der Waals surface area contributed by atoms with E-state index in [1.54, 1.807) is 24.3 Å². The van der Waals surface area contributed by atoms with Gasteiger partial charge in [-0.2, -0.15) is 5.26 Å². The first-order chi connectivity index (χ1) is 14.5. The Morgan fingerprint density at radius 1 is 1.13 bits per heavy atom. The highest BCUT2D eigenvalue weighted by Gasteiger charge is 2.17. The van der Waals surface area contributed by atoms with Crippen LogP contribution in [0.1, 0.15) is 19.3 Å². The lowest BCUT2D eigenvalue weighted by Crippen LogP contribution is -2.32. The van der Waals surface area contributed by atoms with Crippen molar-refractivity contribution in [3.63, 3.8) is 0 Å². The van der Waals surface area contributed by atoms with Crippen LogP contribution >= 0.6 is 0 Å². The van der Waals surface area contributed by atoms with E-state index in [0.29, 0.717) is 12.3 Å². The predicted octanol–water partition coefficient (Wildman–Crippen LogP) is 3.52. The molecule has 1 N–H and O–H groups in total. The van der Waals surface area contributed by atoms with Crippen LogP contribution in [0.5, 0.6) is 5.75 Å². The molecule has 0 saturated heterocycles. The third-order valence-corrected chi connectivity index (χ3v) is 4.14. The highest BCUT2D eigenvalue weighted by atomic mass is 19.1. The maximum absolute atomic E-state index is 14.0. The zero-order valence-corrected chi connectivity index (χ0v) is 16.8. The van der Waals surface area contributed by atoms with E-state index in [0.717, 1.165) is 6.07 Å². The summed E-state index contributed by atoms with van der Waals surface area (Å²) < 4.78 is 24.1. The average molecular weight is 413 g/mol. The van der Waals surface area contributed by atoms with Crippen LogP contribution in [0.3, 0.4) is 0 Å². The summed E-state index contributed by atoms with van der Waals surface area (Å²) in [6.45, 7) is 0.794. The SMILES string of the molecule is COCCOc1ccc(NC(=O)CCC(=O)N(CCC#N)c2ccccc2)cc1F. The van der Waals surface area contributed by atoms with Gasteiger partial charge in [-0.15, -0.1) is 0 Å². The molecule has 158 valence electrons. The van der Waals surface area contributed by atoms with Crippen molar-refractivity contribution in [2.75, 3.05) is 37.1 Å². The fraction of sp³-hybridized carbons (Fsp3) is 0.318. The number of carbonyl (C=O) groups excluding carboxylic acids is 2. The third-order valence-electron chi connectivity index (χ3n) is 4.14. The minimum absolute atomic E-state index is 0.0349. The van der Waals surface area contributed by atoms with Crippen LogP contribution in [-0.2, 0) is 14.3 Å². The number of methoxy groups -OCH3 is 1. The van der Waals surface area contributed by atoms with Crippen LogP contribution in [-0.4, -0.2) is 38.7 Å². The van der Waals surface area contributed by atoms with Gasteiger partial charge in [0.2, 0.25) is 11.8 Å². The Kier molecular flexibility index (Phi) is 9.28. The minimum atomic E-state index is -0.605. The Bertz CT molecular complexity index is 884. The second-order valence-corrected chi connectivity index (χ2v) is 6.32. The fourth-order valence-electron chi connectivity index (χ4n) is 2.68. The van der Waals surface area contributed by atoms with Gasteiger partial charge in [-0.05, 0) is 24.3 Å². The standard InChI is InChI=1S/C22H24FN3O4/c1-29-14-15-30-20-9-8-17(16-19(20)23)25-21(27)10-11-22(28)26(13-5-12-24)18-6-3-2-4-7-18/h2-4,6-9,16H,5,10-11,13-15H2,1H3,(H,25,27). The molecule has 0 bridgehead atoms. The summed E-state index contributed by atoms with van der Waals surface area (Å²) in [6, 6.07) is 15.1. The topological polar surface area (TPSA) is 91.7 Å². The first-order valence-corrected chi connectivity index (χ1v) is 9.48. The van der Waals surface area contributed by atoms with Gasteiger partial charge in [-0.25, -0.2) is 4.39 Å². The molecule has 0 radical (unpaired) electrons. The van der Waals surface area contributed by atoms with Crippen molar-refractivity contribution in [1.29, 1.82) is 5.26 Å². The zero-order valence-electron chi connectivity index (χ0n) is 16.8. The molecule has 0 saturated carbocycles. The van der Waals surface area contributed by atoms with E-state index in [1.165, 1.54) is 24.1 Å². The normalized spacial score (nSPS) is 10.2. The minimum Gasteiger partial charge on any atom is -0.488 e. The monoisotopic (exact) mass is 413 g/mol. The first-order valence-electron chi connectivity index (χ1n) is 9.48. The fourth-order valence-corrected chi connectivity index (χ4v) is 2.68. The largest absolute Gasteiger partial charge is 0.488 e. The van der Waals surface area contributed by atoms with E-state index in [4.69, 9.17) is 14.7 Å². The van der Waals surface area contributed by atoms with Crippen LogP contribution in [0.4, 0.5) is 15.8 Å². The Labute approximate surface area is 175 Å². The molecule has 0 heterocycles. The number of carbonyl (C=O) groups is 2. The van der Waals surface area contributed by atoms with Crippen LogP contribution in [0.15, 0.2) is 48.5 Å². The van der Waals surface area contributed by atoms with Gasteiger partial charge in [-0.3, -0.25) is 9.59 Å². The quantitative estimate of drug-likeness (QED) is 0.569. The maximum atomic E-state index is 14.0. The molecule has 7 nitrogen and oxygen atoms in total. The second-order valence-electron chi connectivity index (χ2n) is 6.32. The Morgan fingerprint density at radius 2 is 1.90 bits per heavy atom. The van der Waals surface area contributed by atoms with Gasteiger partial charge < -0.3 is 19.7 Å². The highest BCUT2D eigenvalue weighted by Crippen LogP contribution is 2.21. The molecule has 0 spiro atoms. The summed E-state index contributed by atoms with van der Waals surface area (Å²) in [5, 5.41) is 11.4. The number of hydrogen-bond donors (Lipinski definition) is 1. The van der Waals surface area contributed by atoms with Gasteiger partial charge in [0, 0.05) is 43.9 Å². The van der Waals surface area contributed by atoms with Gasteiger partial charge in [0.25, 0.3) is 0 Å². The molecule has 8 heteroatoms. The van der Waals surface area contributed by atoms with Gasteiger partial charge in [-0.1, -0.05) is 18.2 Å². The lowest BCUT2D eigenvalue weighted by atomic mass is 10.2. The summed E-state index contributed by atoms with van der Waals surface area (Å²) in [5.41, 5.74) is 0.942. The van der Waals surface area contributed by atoms with Crippen molar-refractivity contribution in [3.05, 3.63) is 54.3 Å². The Morgan fingerprint density at radius 3 is 2.57 bits per heavy atom. The maximum Gasteiger partial charge on any atom is 0.227 e. The molecular weight excluding hydrogens is 389 g/mol. The third kappa shape index (κ3) is 7.18. The molecule has 2 aromatic carbocycles. The van der Waals surface area contributed by atoms with E-state index < -0.39 is 11.7 Å². The summed E-state index contributed by atoms with van der Waals surface area (Å²) in [7, 11) is 1.52. The van der Waals surface area contributed by atoms with Crippen LogP contribution in [0, 0.1) is 17.1 Å². The number of benzene rings is 2. The lowest BCUT2D eigenvalue weighted by Gasteiger charge is -2.21. The number of para-hydroxylation sites is 1. The molecule has 2 aromatic rings. The number of nitrogens with zero attached hydrogens (tertiary/aromatic N) is 2. The molecule has 0 fully saturated rings. The van der Waals surface area contributed by atoms with Crippen molar-refractivity contribution in [1.82, 2.24) is 0 Å². The van der Waals surface area contributed by atoms with Crippen LogP contribution < -0.4 is 15.0 Å². The number of halogens is 1.